The summed E-state index contributed by atoms with van der Waals surface area (Å²) in [6.07, 6.45) is -9.14. The van der Waals surface area contributed by atoms with E-state index in [1.54, 1.807) is 0 Å². The lowest BCUT2D eigenvalue weighted by atomic mass is 10.2. The van der Waals surface area contributed by atoms with Crippen LogP contribution in [0.5, 0.6) is 11.5 Å². The van der Waals surface area contributed by atoms with Gasteiger partial charge in [-0.2, -0.15) is 26.3 Å². The number of benzene rings is 2. The van der Waals surface area contributed by atoms with Gasteiger partial charge in [0, 0.05) is 6.07 Å². The van der Waals surface area contributed by atoms with Gasteiger partial charge in [0.25, 0.3) is 0 Å². The highest BCUT2D eigenvalue weighted by Crippen LogP contribution is 2.36. The van der Waals surface area contributed by atoms with E-state index in [9.17, 15) is 26.3 Å². The Hall–Kier alpha value is -2.42. The molecule has 1 heterocycles. The Labute approximate surface area is 141 Å². The third-order valence-electron chi connectivity index (χ3n) is 3.21. The zero-order valence-corrected chi connectivity index (χ0v) is 12.7. The van der Waals surface area contributed by atoms with Gasteiger partial charge in [0.2, 0.25) is 5.82 Å². The number of alkyl halides is 6. The molecule has 0 aliphatic heterocycles. The van der Waals surface area contributed by atoms with Crippen LogP contribution < -0.4 is 4.74 Å². The number of fused-ring (bicyclic) bond motifs is 1. The second-order valence-electron chi connectivity index (χ2n) is 5.01. The zero-order chi connectivity index (χ0) is 18.4. The number of H-pyrrole nitrogens is 1. The Kier molecular flexibility index (Phi) is 4.06. The average Bonchev–Trinajstić information content (AvgIpc) is 2.90. The number of nitrogens with one attached hydrogen (secondary N) is 1. The molecule has 10 heteroatoms. The molecule has 0 fully saturated rings. The molecule has 132 valence electrons. The van der Waals surface area contributed by atoms with Crippen molar-refractivity contribution in [1.29, 1.82) is 0 Å². The van der Waals surface area contributed by atoms with Gasteiger partial charge < -0.3 is 9.72 Å². The van der Waals surface area contributed by atoms with Crippen LogP contribution in [0.2, 0.25) is 5.02 Å². The van der Waals surface area contributed by atoms with Crippen molar-refractivity contribution in [2.45, 2.75) is 12.4 Å². The Balaban J connectivity index is 1.92. The fourth-order valence-electron chi connectivity index (χ4n) is 2.06. The lowest BCUT2D eigenvalue weighted by molar-refractivity contribution is -0.144. The second kappa shape index (κ2) is 5.83. The molecule has 0 amide bonds. The molecular formula is C15H7ClF6N2O. The van der Waals surface area contributed by atoms with Crippen LogP contribution in [0, 0.1) is 0 Å². The molecule has 0 saturated carbocycles. The van der Waals surface area contributed by atoms with Crippen molar-refractivity contribution < 1.29 is 31.1 Å². The molecule has 0 bridgehead atoms. The SMILES string of the molecule is FC(F)(F)c1ccc(Oc2cc3[nH]c(C(F)(F)F)nc3cc2Cl)cc1. The van der Waals surface area contributed by atoms with Gasteiger partial charge in [-0.05, 0) is 30.3 Å². The van der Waals surface area contributed by atoms with Gasteiger partial charge in [-0.15, -0.1) is 0 Å². The number of aromatic nitrogens is 2. The highest BCUT2D eigenvalue weighted by molar-refractivity contribution is 6.32. The van der Waals surface area contributed by atoms with Gasteiger partial charge in [-0.25, -0.2) is 4.98 Å². The van der Waals surface area contributed by atoms with E-state index in [2.05, 4.69) is 9.97 Å². The van der Waals surface area contributed by atoms with Gasteiger partial charge >= 0.3 is 12.4 Å². The molecule has 3 aromatic rings. The average molecular weight is 381 g/mol. The highest BCUT2D eigenvalue weighted by Gasteiger charge is 2.35. The third-order valence-corrected chi connectivity index (χ3v) is 3.51. The monoisotopic (exact) mass is 380 g/mol. The summed E-state index contributed by atoms with van der Waals surface area (Å²) in [5.41, 5.74) is -0.847. The lowest BCUT2D eigenvalue weighted by Gasteiger charge is -2.10. The van der Waals surface area contributed by atoms with Crippen LogP contribution in [0.1, 0.15) is 11.4 Å². The predicted molar refractivity (Wildman–Crippen MR) is 77.6 cm³/mol. The van der Waals surface area contributed by atoms with E-state index >= 15 is 0 Å². The number of ether oxygens (including phenoxy) is 1. The summed E-state index contributed by atoms with van der Waals surface area (Å²) in [5.74, 6) is -1.17. The molecule has 1 aromatic heterocycles. The summed E-state index contributed by atoms with van der Waals surface area (Å²) < 4.78 is 80.9. The van der Waals surface area contributed by atoms with Crippen molar-refractivity contribution in [2.75, 3.05) is 0 Å². The number of nitrogens with zero attached hydrogens (tertiary/aromatic N) is 1. The first kappa shape index (κ1) is 17.4. The fraction of sp³-hybridized carbons (Fsp3) is 0.133. The molecule has 1 N–H and O–H groups in total. The third kappa shape index (κ3) is 3.65. The first-order chi connectivity index (χ1) is 11.5. The van der Waals surface area contributed by atoms with E-state index in [1.165, 1.54) is 12.1 Å². The zero-order valence-electron chi connectivity index (χ0n) is 12.0. The molecular weight excluding hydrogens is 374 g/mol. The van der Waals surface area contributed by atoms with E-state index < -0.39 is 23.7 Å². The van der Waals surface area contributed by atoms with Crippen molar-refractivity contribution in [2.24, 2.45) is 0 Å². The van der Waals surface area contributed by atoms with Crippen LogP contribution in [0.4, 0.5) is 26.3 Å². The number of hydrogen-bond acceptors (Lipinski definition) is 2. The first-order valence-electron chi connectivity index (χ1n) is 6.65. The number of hydrogen-bond donors (Lipinski definition) is 1. The smallest absolute Gasteiger partial charge is 0.449 e. The van der Waals surface area contributed by atoms with Crippen LogP contribution >= 0.6 is 11.6 Å². The van der Waals surface area contributed by atoms with Gasteiger partial charge in [-0.3, -0.25) is 0 Å². The van der Waals surface area contributed by atoms with Crippen molar-refractivity contribution in [1.82, 2.24) is 9.97 Å². The van der Waals surface area contributed by atoms with Crippen LogP contribution in [0.3, 0.4) is 0 Å². The molecule has 0 aliphatic rings. The summed E-state index contributed by atoms with van der Waals surface area (Å²) in [5, 5.41) is -0.0346. The predicted octanol–water partition coefficient (Wildman–Crippen LogP) is 6.05. The summed E-state index contributed by atoms with van der Waals surface area (Å²) in [7, 11) is 0. The molecule has 0 unspecified atom stereocenters. The van der Waals surface area contributed by atoms with Crippen molar-refractivity contribution in [3.8, 4) is 11.5 Å². The van der Waals surface area contributed by atoms with E-state index in [1.807, 2.05) is 0 Å². The molecule has 25 heavy (non-hydrogen) atoms. The van der Waals surface area contributed by atoms with Crippen LogP contribution in [-0.2, 0) is 12.4 Å². The van der Waals surface area contributed by atoms with Crippen LogP contribution in [-0.4, -0.2) is 9.97 Å². The van der Waals surface area contributed by atoms with Crippen molar-refractivity contribution in [3.63, 3.8) is 0 Å². The van der Waals surface area contributed by atoms with E-state index in [0.29, 0.717) is 0 Å². The quantitative estimate of drug-likeness (QED) is 0.550. The Morgan fingerprint density at radius 1 is 0.920 bits per heavy atom. The topological polar surface area (TPSA) is 37.9 Å². The van der Waals surface area contributed by atoms with Gasteiger partial charge in [0.05, 0.1) is 21.6 Å². The summed E-state index contributed by atoms with van der Waals surface area (Å²) >= 11 is 5.94. The molecule has 0 radical (unpaired) electrons. The Morgan fingerprint density at radius 2 is 1.56 bits per heavy atom. The summed E-state index contributed by atoms with van der Waals surface area (Å²) in [4.78, 5) is 5.48. The fourth-order valence-corrected chi connectivity index (χ4v) is 2.26. The number of imidazole rings is 1. The van der Waals surface area contributed by atoms with E-state index in [0.717, 1.165) is 24.3 Å². The van der Waals surface area contributed by atoms with Crippen molar-refractivity contribution >= 4 is 22.6 Å². The summed E-state index contributed by atoms with van der Waals surface area (Å²) in [6, 6.07) is 6.16. The molecule has 0 aliphatic carbocycles. The largest absolute Gasteiger partial charge is 0.456 e. The van der Waals surface area contributed by atoms with Crippen LogP contribution in [0.25, 0.3) is 11.0 Å². The molecule has 0 saturated heterocycles. The number of aromatic amines is 1. The lowest BCUT2D eigenvalue weighted by Crippen LogP contribution is -2.06. The van der Waals surface area contributed by atoms with Gasteiger partial charge in [0.1, 0.15) is 11.5 Å². The van der Waals surface area contributed by atoms with Crippen LogP contribution in [0.15, 0.2) is 36.4 Å². The minimum Gasteiger partial charge on any atom is -0.456 e. The van der Waals surface area contributed by atoms with Crippen molar-refractivity contribution in [3.05, 3.63) is 52.8 Å². The normalized spacial score (nSPS) is 12.6. The summed E-state index contributed by atoms with van der Waals surface area (Å²) in [6.45, 7) is 0. The molecule has 0 atom stereocenters. The molecule has 3 nitrogen and oxygen atoms in total. The minimum absolute atomic E-state index is 0.0166. The highest BCUT2D eigenvalue weighted by atomic mass is 35.5. The molecule has 3 rings (SSSR count). The van der Waals surface area contributed by atoms with E-state index in [-0.39, 0.29) is 27.6 Å². The molecule has 0 spiro atoms. The maximum absolute atomic E-state index is 12.7. The standard InChI is InChI=1S/C15H7ClF6N2O/c16-9-5-10-11(24-13(23-10)15(20,21)22)6-12(9)25-8-3-1-7(2-4-8)14(17,18)19/h1-6H,(H,23,24). The molecule has 2 aromatic carbocycles. The Morgan fingerprint density at radius 3 is 2.12 bits per heavy atom. The maximum atomic E-state index is 12.7. The number of rotatable bonds is 2. The minimum atomic E-state index is -4.65. The number of halogens is 7. The van der Waals surface area contributed by atoms with Gasteiger partial charge in [0.15, 0.2) is 0 Å². The maximum Gasteiger partial charge on any atom is 0.449 e. The second-order valence-corrected chi connectivity index (χ2v) is 5.41. The first-order valence-corrected chi connectivity index (χ1v) is 7.03. The van der Waals surface area contributed by atoms with Gasteiger partial charge in [-0.1, -0.05) is 11.6 Å². The Bertz CT molecular complexity index is 915. The van der Waals surface area contributed by atoms with E-state index in [4.69, 9.17) is 16.3 Å².